The van der Waals surface area contributed by atoms with E-state index in [0.29, 0.717) is 24.2 Å². The summed E-state index contributed by atoms with van der Waals surface area (Å²) < 4.78 is 63.6. The molecule has 11 heteroatoms. The summed E-state index contributed by atoms with van der Waals surface area (Å²) in [5.74, 6) is 0. The van der Waals surface area contributed by atoms with Gasteiger partial charge in [-0.15, -0.1) is 5.10 Å². The third-order valence-electron chi connectivity index (χ3n) is 6.03. The van der Waals surface area contributed by atoms with Crippen LogP contribution in [0.5, 0.6) is 0 Å². The normalized spacial score (nSPS) is 23.7. The molecule has 2 heterocycles. The van der Waals surface area contributed by atoms with E-state index in [1.807, 2.05) is 6.92 Å². The Morgan fingerprint density at radius 1 is 1.12 bits per heavy atom. The Morgan fingerprint density at radius 2 is 1.76 bits per heavy atom. The van der Waals surface area contributed by atoms with Crippen molar-refractivity contribution in [3.05, 3.63) is 77.1 Å². The molecule has 34 heavy (non-hydrogen) atoms. The van der Waals surface area contributed by atoms with Gasteiger partial charge in [0.15, 0.2) is 9.84 Å². The molecule has 0 aliphatic carbocycles. The molecular formula is C23H25F3N4O3S. The highest BCUT2D eigenvalue weighted by Gasteiger charge is 2.41. The van der Waals surface area contributed by atoms with Crippen molar-refractivity contribution in [2.75, 3.05) is 6.26 Å². The predicted octanol–water partition coefficient (Wildman–Crippen LogP) is 3.45. The van der Waals surface area contributed by atoms with Gasteiger partial charge in [0, 0.05) is 18.7 Å². The monoisotopic (exact) mass is 494 g/mol. The summed E-state index contributed by atoms with van der Waals surface area (Å²) in [7, 11) is -3.27. The van der Waals surface area contributed by atoms with Gasteiger partial charge in [0.25, 0.3) is 0 Å². The van der Waals surface area contributed by atoms with E-state index in [-0.39, 0.29) is 23.4 Å². The van der Waals surface area contributed by atoms with Gasteiger partial charge < -0.3 is 10.4 Å². The van der Waals surface area contributed by atoms with Crippen molar-refractivity contribution in [2.24, 2.45) is 0 Å². The Balaban J connectivity index is 1.50. The van der Waals surface area contributed by atoms with Crippen molar-refractivity contribution < 1.29 is 26.7 Å². The maximum absolute atomic E-state index is 12.9. The first-order valence-corrected chi connectivity index (χ1v) is 12.6. The molecule has 3 atom stereocenters. The molecule has 0 radical (unpaired) electrons. The number of rotatable bonds is 5. The molecule has 182 valence electrons. The number of alkyl halides is 3. The Morgan fingerprint density at radius 3 is 2.35 bits per heavy atom. The molecule has 1 aromatic heterocycles. The number of hydrogen-bond donors (Lipinski definition) is 2. The smallest absolute Gasteiger partial charge is 0.385 e. The molecular weight excluding hydrogens is 469 g/mol. The number of halogens is 3. The average molecular weight is 495 g/mol. The average Bonchev–Trinajstić information content (AvgIpc) is 3.21. The molecule has 1 fully saturated rings. The quantitative estimate of drug-likeness (QED) is 0.564. The molecule has 1 unspecified atom stereocenters. The zero-order valence-corrected chi connectivity index (χ0v) is 19.4. The first-order valence-electron chi connectivity index (χ1n) is 10.7. The highest BCUT2D eigenvalue weighted by atomic mass is 32.2. The van der Waals surface area contributed by atoms with Crippen molar-refractivity contribution in [1.82, 2.24) is 20.3 Å². The Bertz CT molecular complexity index is 1260. The highest BCUT2D eigenvalue weighted by molar-refractivity contribution is 7.90. The van der Waals surface area contributed by atoms with Crippen LogP contribution in [-0.2, 0) is 28.2 Å². The van der Waals surface area contributed by atoms with Gasteiger partial charge in [-0.3, -0.25) is 0 Å². The molecule has 0 saturated carbocycles. The minimum atomic E-state index is -4.44. The van der Waals surface area contributed by atoms with Gasteiger partial charge in [-0.25, -0.2) is 13.1 Å². The van der Waals surface area contributed by atoms with Crippen LogP contribution in [0.15, 0.2) is 59.6 Å². The molecule has 0 bridgehead atoms. The lowest BCUT2D eigenvalue weighted by atomic mass is 9.78. The van der Waals surface area contributed by atoms with E-state index in [4.69, 9.17) is 0 Å². The van der Waals surface area contributed by atoms with E-state index < -0.39 is 27.2 Å². The number of benzene rings is 2. The third kappa shape index (κ3) is 5.31. The van der Waals surface area contributed by atoms with Gasteiger partial charge in [-0.2, -0.15) is 13.2 Å². The van der Waals surface area contributed by atoms with Crippen LogP contribution in [0, 0.1) is 0 Å². The largest absolute Gasteiger partial charge is 0.416 e. The first kappa shape index (κ1) is 24.4. The van der Waals surface area contributed by atoms with Crippen LogP contribution in [0.3, 0.4) is 0 Å². The lowest BCUT2D eigenvalue weighted by Crippen LogP contribution is -2.47. The van der Waals surface area contributed by atoms with Gasteiger partial charge in [-0.1, -0.05) is 29.5 Å². The molecule has 4 rings (SSSR count). The predicted molar refractivity (Wildman–Crippen MR) is 119 cm³/mol. The fourth-order valence-corrected chi connectivity index (χ4v) is 4.99. The minimum Gasteiger partial charge on any atom is -0.385 e. The van der Waals surface area contributed by atoms with Gasteiger partial charge in [-0.05, 0) is 48.7 Å². The van der Waals surface area contributed by atoms with Gasteiger partial charge >= 0.3 is 6.18 Å². The number of aliphatic hydroxyl groups is 1. The van der Waals surface area contributed by atoms with Gasteiger partial charge in [0.1, 0.15) is 0 Å². The molecule has 7 nitrogen and oxygen atoms in total. The maximum atomic E-state index is 12.9. The lowest BCUT2D eigenvalue weighted by Gasteiger charge is -2.40. The van der Waals surface area contributed by atoms with E-state index in [2.05, 4.69) is 15.6 Å². The second-order valence-corrected chi connectivity index (χ2v) is 10.9. The second kappa shape index (κ2) is 8.79. The van der Waals surface area contributed by atoms with Crippen LogP contribution in [0.25, 0.3) is 0 Å². The summed E-state index contributed by atoms with van der Waals surface area (Å²) >= 11 is 0. The molecule has 1 aliphatic heterocycles. The fraction of sp³-hybridized carbons (Fsp3) is 0.391. The van der Waals surface area contributed by atoms with E-state index in [1.165, 1.54) is 24.3 Å². The Kier molecular flexibility index (Phi) is 6.30. The third-order valence-corrected chi connectivity index (χ3v) is 7.16. The van der Waals surface area contributed by atoms with Crippen molar-refractivity contribution in [3.63, 3.8) is 0 Å². The molecule has 2 N–H and O–H groups in total. The fourth-order valence-electron chi connectivity index (χ4n) is 4.36. The molecule has 0 amide bonds. The molecule has 3 aromatic rings. The Labute approximate surface area is 195 Å². The van der Waals surface area contributed by atoms with Crippen molar-refractivity contribution in [2.45, 2.75) is 55.1 Å². The molecule has 2 aromatic carbocycles. The van der Waals surface area contributed by atoms with Crippen molar-refractivity contribution in [1.29, 1.82) is 0 Å². The summed E-state index contributed by atoms with van der Waals surface area (Å²) in [6, 6.07) is 10.7. The van der Waals surface area contributed by atoms with Crippen LogP contribution in [0.2, 0.25) is 0 Å². The van der Waals surface area contributed by atoms with Crippen molar-refractivity contribution in [3.8, 4) is 0 Å². The van der Waals surface area contributed by atoms with E-state index >= 15 is 0 Å². The molecule has 1 saturated heterocycles. The number of hydrogen-bond acceptors (Lipinski definition) is 6. The van der Waals surface area contributed by atoms with Crippen LogP contribution in [0.1, 0.15) is 48.2 Å². The standard InChI is InChI=1S/C23H25F3N4O3S/c1-15-11-22(31,17-5-7-18(8-6-17)23(24,25)26)12-20(27-15)21-14-30(29-28-21)13-16-3-9-19(10-4-16)34(2,32)33/h3-10,14-15,20,27,31H,11-13H2,1-2H3/t15-,20-,22?/m0/s1. The van der Waals surface area contributed by atoms with Gasteiger partial charge in [0.2, 0.25) is 0 Å². The van der Waals surface area contributed by atoms with Crippen LogP contribution >= 0.6 is 0 Å². The van der Waals surface area contributed by atoms with Crippen LogP contribution < -0.4 is 5.32 Å². The van der Waals surface area contributed by atoms with E-state index in [0.717, 1.165) is 24.0 Å². The van der Waals surface area contributed by atoms with Crippen LogP contribution in [0.4, 0.5) is 13.2 Å². The van der Waals surface area contributed by atoms with E-state index in [9.17, 15) is 26.7 Å². The SMILES string of the molecule is C[C@H]1CC(O)(c2ccc(C(F)(F)F)cc2)C[C@@H](c2cn(Cc3ccc(S(C)(=O)=O)cc3)nn2)N1. The zero-order valence-electron chi connectivity index (χ0n) is 18.6. The highest BCUT2D eigenvalue weighted by Crippen LogP contribution is 2.40. The second-order valence-electron chi connectivity index (χ2n) is 8.89. The molecule has 1 aliphatic rings. The van der Waals surface area contributed by atoms with E-state index in [1.54, 1.807) is 23.0 Å². The number of nitrogens with one attached hydrogen (secondary N) is 1. The maximum Gasteiger partial charge on any atom is 0.416 e. The first-order chi connectivity index (χ1) is 15.8. The summed E-state index contributed by atoms with van der Waals surface area (Å²) in [6.45, 7) is 2.28. The zero-order chi connectivity index (χ0) is 24.7. The summed E-state index contributed by atoms with van der Waals surface area (Å²) in [5.41, 5.74) is -0.201. The summed E-state index contributed by atoms with van der Waals surface area (Å²) in [5, 5.41) is 23.1. The van der Waals surface area contributed by atoms with Crippen molar-refractivity contribution >= 4 is 9.84 Å². The summed E-state index contributed by atoms with van der Waals surface area (Å²) in [4.78, 5) is 0.235. The minimum absolute atomic E-state index is 0.111. The number of aromatic nitrogens is 3. The molecule has 0 spiro atoms. The Hall–Kier alpha value is -2.76. The number of nitrogens with zero attached hydrogens (tertiary/aromatic N) is 3. The lowest BCUT2D eigenvalue weighted by molar-refractivity contribution is -0.137. The van der Waals surface area contributed by atoms with Crippen LogP contribution in [-0.4, -0.2) is 40.8 Å². The van der Waals surface area contributed by atoms with Gasteiger partial charge in [0.05, 0.1) is 40.5 Å². The topological polar surface area (TPSA) is 97.1 Å². The number of piperidine rings is 1. The summed E-state index contributed by atoms with van der Waals surface area (Å²) in [6.07, 6.45) is -0.974. The number of sulfone groups is 1.